The first-order valence-electron chi connectivity index (χ1n) is 8.45. The van der Waals surface area contributed by atoms with Gasteiger partial charge in [0.25, 0.3) is 0 Å². The molecule has 0 radical (unpaired) electrons. The van der Waals surface area contributed by atoms with Gasteiger partial charge >= 0.3 is 0 Å². The summed E-state index contributed by atoms with van der Waals surface area (Å²) in [5.74, 6) is -0.177. The Kier molecular flexibility index (Phi) is 7.63. The molecular weight excluding hydrogens is 372 g/mol. The van der Waals surface area contributed by atoms with Crippen LogP contribution in [0.1, 0.15) is 25.3 Å². The minimum absolute atomic E-state index is 0.0237. The maximum Gasteiger partial charge on any atom is 0.240 e. The Morgan fingerprint density at radius 1 is 1.08 bits per heavy atom. The van der Waals surface area contributed by atoms with Crippen molar-refractivity contribution < 1.29 is 13.2 Å². The molecule has 0 aliphatic rings. The zero-order valence-corrected chi connectivity index (χ0v) is 16.2. The van der Waals surface area contributed by atoms with Gasteiger partial charge in [-0.1, -0.05) is 41.9 Å². The minimum Gasteiger partial charge on any atom is -0.354 e. The van der Waals surface area contributed by atoms with Crippen LogP contribution in [-0.2, 0) is 21.2 Å². The highest BCUT2D eigenvalue weighted by Gasteiger charge is 2.14. The summed E-state index contributed by atoms with van der Waals surface area (Å²) in [6.07, 6.45) is 1.79. The fourth-order valence-electron chi connectivity index (χ4n) is 2.44. The maximum atomic E-state index is 12.1. The van der Waals surface area contributed by atoms with Crippen LogP contribution in [0.25, 0.3) is 0 Å². The number of carbonyl (C=O) groups excluding carboxylic acids is 1. The van der Waals surface area contributed by atoms with Crippen molar-refractivity contribution >= 4 is 27.5 Å². The summed E-state index contributed by atoms with van der Waals surface area (Å²) in [4.78, 5) is 12.1. The van der Waals surface area contributed by atoms with E-state index in [-0.39, 0.29) is 29.8 Å². The van der Waals surface area contributed by atoms with Gasteiger partial charge in [-0.15, -0.1) is 0 Å². The summed E-state index contributed by atoms with van der Waals surface area (Å²) in [5, 5.41) is 3.36. The van der Waals surface area contributed by atoms with Gasteiger partial charge in [-0.05, 0) is 49.6 Å². The number of hydrogen-bond donors (Lipinski definition) is 2. The number of halogens is 1. The van der Waals surface area contributed by atoms with Crippen molar-refractivity contribution in [1.29, 1.82) is 0 Å². The van der Waals surface area contributed by atoms with Gasteiger partial charge in [0.1, 0.15) is 0 Å². The normalized spacial score (nSPS) is 12.5. The molecule has 0 saturated heterocycles. The molecule has 1 atom stereocenters. The molecule has 2 rings (SSSR count). The number of aryl methyl sites for hydroxylation is 1. The molecule has 7 heteroatoms. The maximum absolute atomic E-state index is 12.1. The molecule has 0 bridgehead atoms. The van der Waals surface area contributed by atoms with Crippen molar-refractivity contribution in [3.8, 4) is 0 Å². The topological polar surface area (TPSA) is 75.3 Å². The monoisotopic (exact) mass is 394 g/mol. The highest BCUT2D eigenvalue weighted by molar-refractivity contribution is 7.89. The average Bonchev–Trinajstić information content (AvgIpc) is 2.61. The third-order valence-electron chi connectivity index (χ3n) is 3.88. The van der Waals surface area contributed by atoms with Crippen LogP contribution >= 0.6 is 11.6 Å². The molecular formula is C19H23ClN2O3S. The second kappa shape index (κ2) is 9.71. The van der Waals surface area contributed by atoms with Crippen LogP contribution in [0.2, 0.25) is 5.02 Å². The van der Waals surface area contributed by atoms with Gasteiger partial charge in [-0.2, -0.15) is 0 Å². The molecule has 1 amide bonds. The van der Waals surface area contributed by atoms with E-state index in [1.54, 1.807) is 0 Å². The van der Waals surface area contributed by atoms with Crippen molar-refractivity contribution in [3.63, 3.8) is 0 Å². The fourth-order valence-corrected chi connectivity index (χ4v) is 3.60. The Morgan fingerprint density at radius 3 is 2.38 bits per heavy atom. The van der Waals surface area contributed by atoms with Crippen molar-refractivity contribution in [1.82, 2.24) is 10.0 Å². The van der Waals surface area contributed by atoms with E-state index in [0.717, 1.165) is 12.8 Å². The predicted molar refractivity (Wildman–Crippen MR) is 104 cm³/mol. The van der Waals surface area contributed by atoms with E-state index in [1.165, 1.54) is 29.8 Å². The van der Waals surface area contributed by atoms with Gasteiger partial charge in [-0.25, -0.2) is 13.1 Å². The van der Waals surface area contributed by atoms with Crippen molar-refractivity contribution in [3.05, 3.63) is 65.2 Å². The van der Waals surface area contributed by atoms with E-state index in [1.807, 2.05) is 25.1 Å². The lowest BCUT2D eigenvalue weighted by molar-refractivity contribution is -0.121. The van der Waals surface area contributed by atoms with Crippen LogP contribution in [0.15, 0.2) is 59.5 Å². The lowest BCUT2D eigenvalue weighted by Crippen LogP contribution is -2.35. The first-order chi connectivity index (χ1) is 12.4. The van der Waals surface area contributed by atoms with Gasteiger partial charge in [-0.3, -0.25) is 4.79 Å². The third-order valence-corrected chi connectivity index (χ3v) is 5.61. The molecule has 0 spiro atoms. The van der Waals surface area contributed by atoms with Gasteiger partial charge in [0.05, 0.1) is 4.90 Å². The standard InChI is InChI=1S/C19H23ClN2O3S/c1-15(7-8-16-5-3-2-4-6-16)22-19(23)13-14-21-26(24,25)18-11-9-17(20)10-12-18/h2-6,9-12,15,21H,7-8,13-14H2,1H3,(H,22,23). The zero-order chi connectivity index (χ0) is 19.0. The summed E-state index contributed by atoms with van der Waals surface area (Å²) in [6, 6.07) is 16.0. The lowest BCUT2D eigenvalue weighted by atomic mass is 10.1. The number of nitrogens with one attached hydrogen (secondary N) is 2. The van der Waals surface area contributed by atoms with Crippen LogP contribution in [0.4, 0.5) is 0 Å². The molecule has 140 valence electrons. The Morgan fingerprint density at radius 2 is 1.73 bits per heavy atom. The van der Waals surface area contributed by atoms with Crippen LogP contribution < -0.4 is 10.0 Å². The second-order valence-electron chi connectivity index (χ2n) is 6.09. The van der Waals surface area contributed by atoms with Crippen molar-refractivity contribution in [2.24, 2.45) is 0 Å². The molecule has 0 aromatic heterocycles. The van der Waals surface area contributed by atoms with E-state index < -0.39 is 10.0 Å². The second-order valence-corrected chi connectivity index (χ2v) is 8.30. The molecule has 0 aliphatic carbocycles. The number of rotatable bonds is 9. The van der Waals surface area contributed by atoms with Crippen molar-refractivity contribution in [2.75, 3.05) is 6.54 Å². The molecule has 0 fully saturated rings. The summed E-state index contributed by atoms with van der Waals surface area (Å²) >= 11 is 5.75. The summed E-state index contributed by atoms with van der Waals surface area (Å²) in [5.41, 5.74) is 1.23. The Labute approximate surface area is 159 Å². The molecule has 2 aromatic carbocycles. The smallest absolute Gasteiger partial charge is 0.240 e. The Balaban J connectivity index is 1.71. The van der Waals surface area contributed by atoms with Crippen LogP contribution in [0.3, 0.4) is 0 Å². The predicted octanol–water partition coefficient (Wildman–Crippen LogP) is 3.15. The van der Waals surface area contributed by atoms with Gasteiger partial charge in [0, 0.05) is 24.0 Å². The van der Waals surface area contributed by atoms with Gasteiger partial charge < -0.3 is 5.32 Å². The van der Waals surface area contributed by atoms with E-state index in [9.17, 15) is 13.2 Å². The van der Waals surface area contributed by atoms with E-state index in [0.29, 0.717) is 5.02 Å². The van der Waals surface area contributed by atoms with Crippen LogP contribution in [0.5, 0.6) is 0 Å². The zero-order valence-electron chi connectivity index (χ0n) is 14.6. The molecule has 0 heterocycles. The fraction of sp³-hybridized carbons (Fsp3) is 0.316. The molecule has 5 nitrogen and oxygen atoms in total. The first-order valence-corrected chi connectivity index (χ1v) is 10.3. The van der Waals surface area contributed by atoms with E-state index in [4.69, 9.17) is 11.6 Å². The Bertz CT molecular complexity index is 808. The molecule has 1 unspecified atom stereocenters. The molecule has 0 saturated carbocycles. The van der Waals surface area contributed by atoms with Gasteiger partial charge in [0.2, 0.25) is 15.9 Å². The highest BCUT2D eigenvalue weighted by atomic mass is 35.5. The van der Waals surface area contributed by atoms with Crippen LogP contribution in [-0.4, -0.2) is 26.9 Å². The van der Waals surface area contributed by atoms with Crippen molar-refractivity contribution in [2.45, 2.75) is 37.1 Å². The molecule has 2 N–H and O–H groups in total. The molecule has 0 aliphatic heterocycles. The highest BCUT2D eigenvalue weighted by Crippen LogP contribution is 2.13. The third kappa shape index (κ3) is 6.78. The van der Waals surface area contributed by atoms with E-state index in [2.05, 4.69) is 22.2 Å². The molecule has 26 heavy (non-hydrogen) atoms. The SMILES string of the molecule is CC(CCc1ccccc1)NC(=O)CCNS(=O)(=O)c1ccc(Cl)cc1. The van der Waals surface area contributed by atoms with Gasteiger partial charge in [0.15, 0.2) is 0 Å². The molecule has 2 aromatic rings. The van der Waals surface area contributed by atoms with E-state index >= 15 is 0 Å². The number of hydrogen-bond acceptors (Lipinski definition) is 3. The number of benzene rings is 2. The number of amides is 1. The average molecular weight is 395 g/mol. The largest absolute Gasteiger partial charge is 0.354 e. The number of carbonyl (C=O) groups is 1. The minimum atomic E-state index is -3.64. The Hall–Kier alpha value is -1.89. The lowest BCUT2D eigenvalue weighted by Gasteiger charge is -2.14. The quantitative estimate of drug-likeness (QED) is 0.686. The number of sulfonamides is 1. The summed E-state index contributed by atoms with van der Waals surface area (Å²) in [6.45, 7) is 1.99. The summed E-state index contributed by atoms with van der Waals surface area (Å²) < 4.78 is 26.7. The first kappa shape index (κ1) is 20.4. The van der Waals surface area contributed by atoms with Crippen LogP contribution in [0, 0.1) is 0 Å². The summed E-state index contributed by atoms with van der Waals surface area (Å²) in [7, 11) is -3.64.